The molecule has 0 saturated carbocycles. The maximum atomic E-state index is 12.7. The smallest absolute Gasteiger partial charge is 0.250 e. The van der Waals surface area contributed by atoms with E-state index >= 15 is 0 Å². The number of para-hydroxylation sites is 1. The monoisotopic (exact) mass is 322 g/mol. The molecule has 1 aliphatic rings. The molecule has 1 unspecified atom stereocenters. The van der Waals surface area contributed by atoms with E-state index in [9.17, 15) is 9.59 Å². The van der Waals surface area contributed by atoms with Gasteiger partial charge in [-0.25, -0.2) is 0 Å². The number of hydrogen-bond donors (Lipinski definition) is 1. The Labute approximate surface area is 140 Å². The fourth-order valence-electron chi connectivity index (χ4n) is 2.88. The van der Waals surface area contributed by atoms with Gasteiger partial charge in [0, 0.05) is 24.0 Å². The number of hydrogen-bond acceptors (Lipinski definition) is 3. The molecular formula is C19H18N2O3. The van der Waals surface area contributed by atoms with Crippen molar-refractivity contribution in [3.63, 3.8) is 0 Å². The normalized spacial score (nSPS) is 15.5. The molecule has 5 nitrogen and oxygen atoms in total. The Balaban J connectivity index is 1.85. The van der Waals surface area contributed by atoms with Crippen molar-refractivity contribution in [1.82, 2.24) is 0 Å². The van der Waals surface area contributed by atoms with Crippen LogP contribution in [0.15, 0.2) is 61.2 Å². The summed E-state index contributed by atoms with van der Waals surface area (Å²) in [5.41, 5.74) is 2.26. The summed E-state index contributed by atoms with van der Waals surface area (Å²) in [7, 11) is 1.58. The number of carbonyl (C=O) groups excluding carboxylic acids is 2. The van der Waals surface area contributed by atoms with Gasteiger partial charge in [-0.2, -0.15) is 0 Å². The zero-order chi connectivity index (χ0) is 17.1. The van der Waals surface area contributed by atoms with Crippen molar-refractivity contribution in [2.75, 3.05) is 23.9 Å². The minimum atomic E-state index is -0.420. The lowest BCUT2D eigenvalue weighted by Gasteiger charge is -2.15. The predicted molar refractivity (Wildman–Crippen MR) is 93.4 cm³/mol. The van der Waals surface area contributed by atoms with Crippen LogP contribution in [0.5, 0.6) is 5.75 Å². The molecule has 0 bridgehead atoms. The van der Waals surface area contributed by atoms with Crippen molar-refractivity contribution in [1.29, 1.82) is 0 Å². The van der Waals surface area contributed by atoms with Crippen LogP contribution in [-0.4, -0.2) is 25.5 Å². The predicted octanol–water partition coefficient (Wildman–Crippen LogP) is 2.95. The Kier molecular flexibility index (Phi) is 4.33. The van der Waals surface area contributed by atoms with E-state index in [0.717, 1.165) is 11.3 Å². The Morgan fingerprint density at radius 2 is 2.04 bits per heavy atom. The first-order valence-electron chi connectivity index (χ1n) is 7.62. The molecule has 0 saturated heterocycles. The van der Waals surface area contributed by atoms with Crippen LogP contribution in [0.25, 0.3) is 0 Å². The molecule has 1 N–H and O–H groups in total. The lowest BCUT2D eigenvalue weighted by molar-refractivity contribution is -0.117. The number of carbonyl (C=O) groups is 2. The summed E-state index contributed by atoms with van der Waals surface area (Å²) in [5.74, 6) is -0.117. The van der Waals surface area contributed by atoms with Crippen molar-refractivity contribution >= 4 is 23.2 Å². The van der Waals surface area contributed by atoms with Crippen LogP contribution in [-0.2, 0) is 9.59 Å². The van der Waals surface area contributed by atoms with Crippen molar-refractivity contribution in [3.8, 4) is 5.75 Å². The van der Waals surface area contributed by atoms with Gasteiger partial charge in [0.2, 0.25) is 11.8 Å². The van der Waals surface area contributed by atoms with Gasteiger partial charge in [0.1, 0.15) is 5.75 Å². The van der Waals surface area contributed by atoms with Gasteiger partial charge in [-0.3, -0.25) is 9.59 Å². The zero-order valence-corrected chi connectivity index (χ0v) is 13.4. The molecule has 0 aromatic heterocycles. The average molecular weight is 322 g/mol. The summed E-state index contributed by atoms with van der Waals surface area (Å²) in [6.45, 7) is 3.83. The molecule has 122 valence electrons. The molecule has 2 aromatic rings. The van der Waals surface area contributed by atoms with Gasteiger partial charge < -0.3 is 15.0 Å². The highest BCUT2D eigenvalue weighted by Gasteiger charge is 2.35. The van der Waals surface area contributed by atoms with Gasteiger partial charge >= 0.3 is 0 Å². The highest BCUT2D eigenvalue weighted by molar-refractivity contribution is 6.07. The summed E-state index contributed by atoms with van der Waals surface area (Å²) in [6, 6.07) is 14.6. The van der Waals surface area contributed by atoms with Gasteiger partial charge in [-0.15, -0.1) is 0 Å². The molecule has 0 fully saturated rings. The maximum absolute atomic E-state index is 12.7. The van der Waals surface area contributed by atoms with Crippen LogP contribution >= 0.6 is 0 Å². The summed E-state index contributed by atoms with van der Waals surface area (Å²) in [5, 5.41) is 2.89. The molecule has 1 heterocycles. The first-order valence-corrected chi connectivity index (χ1v) is 7.62. The molecule has 0 spiro atoms. The summed E-state index contributed by atoms with van der Waals surface area (Å²) < 4.78 is 5.17. The lowest BCUT2D eigenvalue weighted by atomic mass is 10.0. The summed E-state index contributed by atoms with van der Waals surface area (Å²) in [6.07, 6.45) is 1.26. The van der Waals surface area contributed by atoms with Crippen molar-refractivity contribution in [2.24, 2.45) is 0 Å². The summed E-state index contributed by atoms with van der Waals surface area (Å²) in [4.78, 5) is 26.3. The van der Waals surface area contributed by atoms with Gasteiger partial charge in [-0.05, 0) is 29.8 Å². The molecule has 24 heavy (non-hydrogen) atoms. The number of rotatable bonds is 4. The third-order valence-electron chi connectivity index (χ3n) is 4.06. The fourth-order valence-corrected chi connectivity index (χ4v) is 2.88. The second-order valence-corrected chi connectivity index (χ2v) is 5.49. The second-order valence-electron chi connectivity index (χ2n) is 5.49. The van der Waals surface area contributed by atoms with Crippen LogP contribution in [0.4, 0.5) is 11.4 Å². The van der Waals surface area contributed by atoms with Gasteiger partial charge in [0.15, 0.2) is 0 Å². The standard InChI is InChI=1S/C19H18N2O3/c1-3-18(22)21-12-16(15-9-4-5-10-17(15)21)19(23)20-13-7-6-8-14(11-13)24-2/h3-11,16H,1,12H2,2H3,(H,20,23). The molecule has 2 amide bonds. The Hall–Kier alpha value is -3.08. The van der Waals surface area contributed by atoms with E-state index in [1.54, 1.807) is 24.1 Å². The zero-order valence-electron chi connectivity index (χ0n) is 13.4. The molecule has 3 rings (SSSR count). The van der Waals surface area contributed by atoms with E-state index in [2.05, 4.69) is 11.9 Å². The van der Waals surface area contributed by atoms with E-state index in [1.165, 1.54) is 6.08 Å². The van der Waals surface area contributed by atoms with E-state index < -0.39 is 5.92 Å². The number of benzene rings is 2. The van der Waals surface area contributed by atoms with E-state index in [0.29, 0.717) is 18.0 Å². The first kappa shape index (κ1) is 15.8. The van der Waals surface area contributed by atoms with Crippen molar-refractivity contribution < 1.29 is 14.3 Å². The number of nitrogens with zero attached hydrogens (tertiary/aromatic N) is 1. The van der Waals surface area contributed by atoms with Gasteiger partial charge in [0.05, 0.1) is 13.0 Å². The molecule has 5 heteroatoms. The van der Waals surface area contributed by atoms with Crippen LogP contribution in [0, 0.1) is 0 Å². The molecule has 2 aromatic carbocycles. The first-order chi connectivity index (χ1) is 11.6. The average Bonchev–Trinajstić information content (AvgIpc) is 3.01. The highest BCUT2D eigenvalue weighted by atomic mass is 16.5. The number of nitrogens with one attached hydrogen (secondary N) is 1. The second kappa shape index (κ2) is 6.58. The van der Waals surface area contributed by atoms with Gasteiger partial charge in [-0.1, -0.05) is 30.8 Å². The molecule has 1 aliphatic heterocycles. The van der Waals surface area contributed by atoms with E-state index in [-0.39, 0.29) is 11.8 Å². The largest absolute Gasteiger partial charge is 0.497 e. The Morgan fingerprint density at radius 3 is 2.79 bits per heavy atom. The molecule has 0 aliphatic carbocycles. The Bertz CT molecular complexity index is 801. The van der Waals surface area contributed by atoms with Crippen LogP contribution in [0.3, 0.4) is 0 Å². The quantitative estimate of drug-likeness (QED) is 0.881. The SMILES string of the molecule is C=CC(=O)N1CC(C(=O)Nc2cccc(OC)c2)c2ccccc21. The van der Waals surface area contributed by atoms with Crippen LogP contribution in [0.1, 0.15) is 11.5 Å². The third-order valence-corrected chi connectivity index (χ3v) is 4.06. The van der Waals surface area contributed by atoms with Crippen molar-refractivity contribution in [3.05, 3.63) is 66.7 Å². The van der Waals surface area contributed by atoms with Gasteiger partial charge in [0.25, 0.3) is 0 Å². The number of anilines is 2. The topological polar surface area (TPSA) is 58.6 Å². The number of ether oxygens (including phenoxy) is 1. The van der Waals surface area contributed by atoms with Crippen molar-refractivity contribution in [2.45, 2.75) is 5.92 Å². The number of amides is 2. The fraction of sp³-hybridized carbons (Fsp3) is 0.158. The number of fused-ring (bicyclic) bond motifs is 1. The third kappa shape index (κ3) is 2.88. The van der Waals surface area contributed by atoms with E-state index in [1.807, 2.05) is 36.4 Å². The van der Waals surface area contributed by atoms with Crippen LogP contribution < -0.4 is 15.0 Å². The molecule has 0 radical (unpaired) electrons. The Morgan fingerprint density at radius 1 is 1.25 bits per heavy atom. The molecule has 1 atom stereocenters. The number of methoxy groups -OCH3 is 1. The summed E-state index contributed by atoms with van der Waals surface area (Å²) >= 11 is 0. The minimum absolute atomic E-state index is 0.157. The highest BCUT2D eigenvalue weighted by Crippen LogP contribution is 2.37. The molecular weight excluding hydrogens is 304 g/mol. The maximum Gasteiger partial charge on any atom is 0.250 e. The lowest BCUT2D eigenvalue weighted by Crippen LogP contribution is -2.31. The van der Waals surface area contributed by atoms with Crippen LogP contribution in [0.2, 0.25) is 0 Å². The minimum Gasteiger partial charge on any atom is -0.497 e. The van der Waals surface area contributed by atoms with E-state index in [4.69, 9.17) is 4.74 Å².